The van der Waals surface area contributed by atoms with E-state index in [1.54, 1.807) is 29.6 Å². The van der Waals surface area contributed by atoms with E-state index in [-0.39, 0.29) is 17.1 Å². The average Bonchev–Trinajstić information content (AvgIpc) is 2.99. The number of nitriles is 1. The fourth-order valence-electron chi connectivity index (χ4n) is 1.64. The van der Waals surface area contributed by atoms with Crippen LogP contribution in [0.1, 0.15) is 15.2 Å². The summed E-state index contributed by atoms with van der Waals surface area (Å²) in [6.45, 7) is 0. The fraction of sp³-hybridized carbons (Fsp3) is 0.0667. The number of ketones is 1. The molecule has 0 aliphatic rings. The van der Waals surface area contributed by atoms with Crippen LogP contribution >= 0.6 is 11.3 Å². The number of hydrogen-bond donors (Lipinski definition) is 1. The first-order valence-electron chi connectivity index (χ1n) is 5.72. The van der Waals surface area contributed by atoms with E-state index in [1.807, 2.05) is 6.07 Å². The van der Waals surface area contributed by atoms with Gasteiger partial charge >= 0.3 is 0 Å². The van der Waals surface area contributed by atoms with Gasteiger partial charge in [-0.15, -0.1) is 11.3 Å². The highest BCUT2D eigenvalue weighted by molar-refractivity contribution is 7.12. The van der Waals surface area contributed by atoms with E-state index in [2.05, 4.69) is 0 Å². The maximum Gasteiger partial charge on any atom is 0.213 e. The topological polar surface area (TPSA) is 70.3 Å². The Hall–Kier alpha value is -2.58. The third kappa shape index (κ3) is 2.87. The van der Waals surface area contributed by atoms with Gasteiger partial charge in [-0.3, -0.25) is 4.79 Å². The van der Waals surface area contributed by atoms with Crippen LogP contribution in [-0.2, 0) is 0 Å². The van der Waals surface area contributed by atoms with E-state index in [1.165, 1.54) is 30.6 Å². The van der Waals surface area contributed by atoms with E-state index in [0.717, 1.165) is 0 Å². The van der Waals surface area contributed by atoms with Gasteiger partial charge in [0.15, 0.2) is 11.5 Å². The molecule has 1 heterocycles. The zero-order valence-corrected chi connectivity index (χ0v) is 11.5. The molecule has 1 N–H and O–H groups in total. The molecule has 2 rings (SSSR count). The van der Waals surface area contributed by atoms with Gasteiger partial charge in [0.2, 0.25) is 5.78 Å². The number of allylic oxidation sites excluding steroid dienone is 1. The van der Waals surface area contributed by atoms with E-state index >= 15 is 0 Å². The van der Waals surface area contributed by atoms with E-state index in [4.69, 9.17) is 10.00 Å². The van der Waals surface area contributed by atoms with Crippen molar-refractivity contribution in [3.05, 3.63) is 51.7 Å². The van der Waals surface area contributed by atoms with Crippen LogP contribution in [0.3, 0.4) is 0 Å². The highest BCUT2D eigenvalue weighted by atomic mass is 32.1. The third-order valence-corrected chi connectivity index (χ3v) is 3.49. The molecule has 2 aromatic rings. The van der Waals surface area contributed by atoms with Crippen molar-refractivity contribution in [2.24, 2.45) is 0 Å². The summed E-state index contributed by atoms with van der Waals surface area (Å²) in [6.07, 6.45) is 1.48. The minimum absolute atomic E-state index is 0.00717. The zero-order chi connectivity index (χ0) is 14.5. The van der Waals surface area contributed by atoms with Gasteiger partial charge in [-0.25, -0.2) is 0 Å². The van der Waals surface area contributed by atoms with Crippen LogP contribution < -0.4 is 4.74 Å². The summed E-state index contributed by atoms with van der Waals surface area (Å²) in [5, 5.41) is 20.4. The molecular formula is C15H11NO3S. The third-order valence-electron chi connectivity index (χ3n) is 2.62. The number of hydrogen-bond acceptors (Lipinski definition) is 5. The van der Waals surface area contributed by atoms with Crippen molar-refractivity contribution >= 4 is 23.2 Å². The lowest BCUT2D eigenvalue weighted by molar-refractivity contribution is 0.104. The lowest BCUT2D eigenvalue weighted by Gasteiger charge is -2.04. The first-order chi connectivity index (χ1) is 9.65. The number of nitrogens with zero attached hydrogens (tertiary/aromatic N) is 1. The Labute approximate surface area is 120 Å². The molecular weight excluding hydrogens is 274 g/mol. The molecule has 4 nitrogen and oxygen atoms in total. The Morgan fingerprint density at radius 1 is 1.45 bits per heavy atom. The quantitative estimate of drug-likeness (QED) is 0.532. The number of Topliss-reactive ketones (excluding diaryl/α,β-unsaturated/α-hetero) is 1. The number of phenolic OH excluding ortho intramolecular Hbond substituents is 1. The summed E-state index contributed by atoms with van der Waals surface area (Å²) in [5.74, 6) is -0.0121. The van der Waals surface area contributed by atoms with Crippen molar-refractivity contribution in [1.82, 2.24) is 0 Å². The summed E-state index contributed by atoms with van der Waals surface area (Å²) in [6, 6.07) is 9.97. The van der Waals surface area contributed by atoms with Crippen LogP contribution in [0, 0.1) is 11.3 Å². The summed E-state index contributed by atoms with van der Waals surface area (Å²) < 4.78 is 4.99. The molecule has 0 aliphatic heterocycles. The van der Waals surface area contributed by atoms with Crippen LogP contribution in [0.15, 0.2) is 41.3 Å². The molecule has 1 aromatic carbocycles. The number of methoxy groups -OCH3 is 1. The average molecular weight is 285 g/mol. The van der Waals surface area contributed by atoms with Gasteiger partial charge in [0.05, 0.1) is 12.0 Å². The van der Waals surface area contributed by atoms with Crippen molar-refractivity contribution in [2.45, 2.75) is 0 Å². The number of phenols is 1. The molecule has 0 fully saturated rings. The van der Waals surface area contributed by atoms with Crippen LogP contribution in [0.25, 0.3) is 6.08 Å². The van der Waals surface area contributed by atoms with Gasteiger partial charge in [-0.05, 0) is 35.2 Å². The highest BCUT2D eigenvalue weighted by Crippen LogP contribution is 2.27. The first-order valence-corrected chi connectivity index (χ1v) is 6.60. The summed E-state index contributed by atoms with van der Waals surface area (Å²) in [5.41, 5.74) is 0.654. The zero-order valence-electron chi connectivity index (χ0n) is 10.7. The van der Waals surface area contributed by atoms with Crippen molar-refractivity contribution in [3.63, 3.8) is 0 Å². The normalized spacial score (nSPS) is 10.9. The van der Waals surface area contributed by atoms with Gasteiger partial charge in [-0.1, -0.05) is 12.1 Å². The Morgan fingerprint density at radius 3 is 2.85 bits per heavy atom. The fourth-order valence-corrected chi connectivity index (χ4v) is 2.32. The minimum atomic E-state index is -0.311. The number of carbonyl (C=O) groups excluding carboxylic acids is 1. The SMILES string of the molecule is COc1cc(/C=C(\C#N)C(=O)c2cccs2)ccc1O. The maximum absolute atomic E-state index is 12.1. The Kier molecular flexibility index (Phi) is 4.18. The summed E-state index contributed by atoms with van der Waals surface area (Å²) in [7, 11) is 1.44. The second-order valence-corrected chi connectivity index (χ2v) is 4.86. The predicted octanol–water partition coefficient (Wildman–Crippen LogP) is 3.25. The second-order valence-electron chi connectivity index (χ2n) is 3.91. The van der Waals surface area contributed by atoms with Crippen molar-refractivity contribution < 1.29 is 14.6 Å². The van der Waals surface area contributed by atoms with Crippen LogP contribution in [0.4, 0.5) is 0 Å². The van der Waals surface area contributed by atoms with E-state index < -0.39 is 0 Å². The Bertz CT molecular complexity index is 696. The molecule has 0 radical (unpaired) electrons. The summed E-state index contributed by atoms with van der Waals surface area (Å²) in [4.78, 5) is 12.6. The molecule has 0 aliphatic carbocycles. The standard InChI is InChI=1S/C15H11NO3S/c1-19-13-8-10(4-5-12(13)17)7-11(9-16)15(18)14-3-2-6-20-14/h2-8,17H,1H3/b11-7+. The molecule has 5 heteroatoms. The van der Waals surface area contributed by atoms with Crippen molar-refractivity contribution in [1.29, 1.82) is 5.26 Å². The van der Waals surface area contributed by atoms with Gasteiger partial charge in [-0.2, -0.15) is 5.26 Å². The molecule has 0 spiro atoms. The molecule has 0 atom stereocenters. The lowest BCUT2D eigenvalue weighted by atomic mass is 10.1. The second kappa shape index (κ2) is 6.04. The monoisotopic (exact) mass is 285 g/mol. The van der Waals surface area contributed by atoms with Crippen molar-refractivity contribution in [2.75, 3.05) is 7.11 Å². The Morgan fingerprint density at radius 2 is 2.25 bits per heavy atom. The van der Waals surface area contributed by atoms with Gasteiger partial charge < -0.3 is 9.84 Å². The number of rotatable bonds is 4. The summed E-state index contributed by atoms with van der Waals surface area (Å²) >= 11 is 1.29. The molecule has 0 bridgehead atoms. The van der Waals surface area contributed by atoms with E-state index in [0.29, 0.717) is 16.2 Å². The van der Waals surface area contributed by atoms with E-state index in [9.17, 15) is 9.90 Å². The first kappa shape index (κ1) is 13.8. The molecule has 0 unspecified atom stereocenters. The molecule has 0 saturated carbocycles. The number of aromatic hydroxyl groups is 1. The van der Waals surface area contributed by atoms with Crippen LogP contribution in [0.2, 0.25) is 0 Å². The smallest absolute Gasteiger partial charge is 0.213 e. The largest absolute Gasteiger partial charge is 0.504 e. The van der Waals surface area contributed by atoms with Gasteiger partial charge in [0.25, 0.3) is 0 Å². The van der Waals surface area contributed by atoms with Gasteiger partial charge in [0, 0.05) is 0 Å². The number of carbonyl (C=O) groups is 1. The molecule has 20 heavy (non-hydrogen) atoms. The lowest BCUT2D eigenvalue weighted by Crippen LogP contribution is -1.99. The highest BCUT2D eigenvalue weighted by Gasteiger charge is 2.13. The minimum Gasteiger partial charge on any atom is -0.504 e. The number of benzene rings is 1. The Balaban J connectivity index is 2.37. The maximum atomic E-state index is 12.1. The number of thiophene rings is 1. The molecule has 100 valence electrons. The van der Waals surface area contributed by atoms with Crippen LogP contribution in [-0.4, -0.2) is 18.0 Å². The molecule has 1 aromatic heterocycles. The number of ether oxygens (including phenoxy) is 1. The predicted molar refractivity (Wildman–Crippen MR) is 76.9 cm³/mol. The molecule has 0 saturated heterocycles. The van der Waals surface area contributed by atoms with Crippen molar-refractivity contribution in [3.8, 4) is 17.6 Å². The molecule has 0 amide bonds. The van der Waals surface area contributed by atoms with Gasteiger partial charge in [0.1, 0.15) is 11.6 Å². The van der Waals surface area contributed by atoms with Crippen LogP contribution in [0.5, 0.6) is 11.5 Å².